The van der Waals surface area contributed by atoms with Crippen LogP contribution in [0.5, 0.6) is 0 Å². The number of halogens is 3. The number of alkyl halides is 3. The lowest BCUT2D eigenvalue weighted by Crippen LogP contribution is -2.20. The normalized spacial score (nSPS) is 11.8. The lowest BCUT2D eigenvalue weighted by molar-refractivity contribution is -0.138. The topological polar surface area (TPSA) is 91.7 Å². The monoisotopic (exact) mass is 321 g/mol. The van der Waals surface area contributed by atoms with Crippen LogP contribution >= 0.6 is 0 Å². The SMILES string of the molecule is NC(=O)c1cc2c(-c3c[nH]c(=O)c(C(F)(F)F)c3)cccc2[nH]1. The minimum Gasteiger partial charge on any atom is -0.364 e. The number of carbonyl (C=O) groups excluding carboxylic acids is 1. The molecule has 0 spiro atoms. The van der Waals surface area contributed by atoms with Gasteiger partial charge >= 0.3 is 6.18 Å². The smallest absolute Gasteiger partial charge is 0.364 e. The zero-order valence-corrected chi connectivity index (χ0v) is 11.5. The second-order valence-corrected chi connectivity index (χ2v) is 4.94. The van der Waals surface area contributed by atoms with Crippen molar-refractivity contribution in [1.82, 2.24) is 9.97 Å². The molecule has 0 radical (unpaired) electrons. The summed E-state index contributed by atoms with van der Waals surface area (Å²) in [7, 11) is 0. The van der Waals surface area contributed by atoms with Crippen molar-refractivity contribution in [3.8, 4) is 11.1 Å². The molecule has 0 aliphatic heterocycles. The van der Waals surface area contributed by atoms with Gasteiger partial charge in [-0.2, -0.15) is 13.2 Å². The molecule has 0 saturated carbocycles. The minimum absolute atomic E-state index is 0.146. The molecule has 3 aromatic rings. The first-order chi connectivity index (χ1) is 10.8. The molecule has 1 aromatic carbocycles. The maximum absolute atomic E-state index is 12.9. The second-order valence-electron chi connectivity index (χ2n) is 4.94. The number of fused-ring (bicyclic) bond motifs is 1. The lowest BCUT2D eigenvalue weighted by Gasteiger charge is -2.08. The van der Waals surface area contributed by atoms with Crippen molar-refractivity contribution in [3.63, 3.8) is 0 Å². The molecule has 2 heterocycles. The Morgan fingerprint density at radius 1 is 1.17 bits per heavy atom. The van der Waals surface area contributed by atoms with Gasteiger partial charge in [0.25, 0.3) is 11.5 Å². The number of hydrogen-bond donors (Lipinski definition) is 3. The third-order valence-electron chi connectivity index (χ3n) is 3.45. The molecular weight excluding hydrogens is 311 g/mol. The highest BCUT2D eigenvalue weighted by molar-refractivity contribution is 6.02. The van der Waals surface area contributed by atoms with Crippen LogP contribution in [-0.2, 0) is 6.18 Å². The van der Waals surface area contributed by atoms with E-state index in [4.69, 9.17) is 5.73 Å². The first-order valence-electron chi connectivity index (χ1n) is 6.49. The molecule has 0 aliphatic rings. The Bertz CT molecular complexity index is 970. The maximum atomic E-state index is 12.9. The molecule has 23 heavy (non-hydrogen) atoms. The standard InChI is InChI=1S/C15H10F3N3O2/c16-15(17,18)10-4-7(6-20-14(10)23)8-2-1-3-11-9(8)5-12(21-11)13(19)22/h1-6,21H,(H2,19,22)(H,20,23). The van der Waals surface area contributed by atoms with Gasteiger partial charge in [0.15, 0.2) is 0 Å². The third kappa shape index (κ3) is 2.59. The Hall–Kier alpha value is -3.03. The zero-order valence-electron chi connectivity index (χ0n) is 11.5. The summed E-state index contributed by atoms with van der Waals surface area (Å²) in [6, 6.07) is 7.13. The van der Waals surface area contributed by atoms with E-state index in [9.17, 15) is 22.8 Å². The molecule has 0 saturated heterocycles. The van der Waals surface area contributed by atoms with Crippen LogP contribution in [0, 0.1) is 0 Å². The van der Waals surface area contributed by atoms with Gasteiger partial charge in [0.1, 0.15) is 11.3 Å². The molecule has 0 bridgehead atoms. The Morgan fingerprint density at radius 2 is 1.91 bits per heavy atom. The van der Waals surface area contributed by atoms with E-state index in [1.54, 1.807) is 18.2 Å². The summed E-state index contributed by atoms with van der Waals surface area (Å²) in [6.45, 7) is 0. The molecule has 0 fully saturated rings. The maximum Gasteiger partial charge on any atom is 0.421 e. The third-order valence-corrected chi connectivity index (χ3v) is 3.45. The fourth-order valence-electron chi connectivity index (χ4n) is 2.39. The predicted octanol–water partition coefficient (Wildman–Crippen LogP) is 2.64. The average Bonchev–Trinajstić information content (AvgIpc) is 2.91. The molecule has 8 heteroatoms. The highest BCUT2D eigenvalue weighted by atomic mass is 19.4. The highest BCUT2D eigenvalue weighted by Gasteiger charge is 2.34. The number of rotatable bonds is 2. The summed E-state index contributed by atoms with van der Waals surface area (Å²) in [5.74, 6) is -0.676. The number of nitrogens with one attached hydrogen (secondary N) is 2. The van der Waals surface area contributed by atoms with Gasteiger partial charge in [-0.1, -0.05) is 12.1 Å². The van der Waals surface area contributed by atoms with E-state index >= 15 is 0 Å². The van der Waals surface area contributed by atoms with E-state index in [1.165, 1.54) is 12.3 Å². The Balaban J connectivity index is 2.25. The summed E-state index contributed by atoms with van der Waals surface area (Å²) in [4.78, 5) is 27.5. The minimum atomic E-state index is -4.76. The van der Waals surface area contributed by atoms with E-state index in [1.807, 2.05) is 0 Å². The number of benzene rings is 1. The van der Waals surface area contributed by atoms with Gasteiger partial charge in [0.05, 0.1) is 0 Å². The number of hydrogen-bond acceptors (Lipinski definition) is 2. The summed E-state index contributed by atoms with van der Waals surface area (Å²) >= 11 is 0. The second kappa shape index (κ2) is 5.01. The van der Waals surface area contributed by atoms with Crippen molar-refractivity contribution >= 4 is 16.8 Å². The Kier molecular flexibility index (Phi) is 3.24. The number of aromatic amines is 2. The first kappa shape index (κ1) is 14.9. The van der Waals surface area contributed by atoms with Crippen LogP contribution in [0.2, 0.25) is 0 Å². The number of carbonyl (C=O) groups is 1. The number of amides is 1. The van der Waals surface area contributed by atoms with Crippen LogP contribution in [0.15, 0.2) is 41.3 Å². The van der Waals surface area contributed by atoms with Crippen molar-refractivity contribution in [3.05, 3.63) is 58.1 Å². The highest BCUT2D eigenvalue weighted by Crippen LogP contribution is 2.32. The largest absolute Gasteiger partial charge is 0.421 e. The van der Waals surface area contributed by atoms with E-state index in [0.29, 0.717) is 16.5 Å². The summed E-state index contributed by atoms with van der Waals surface area (Å²) in [5, 5.41) is 0.529. The van der Waals surface area contributed by atoms with Crippen molar-refractivity contribution in [2.24, 2.45) is 5.73 Å². The first-order valence-corrected chi connectivity index (χ1v) is 6.49. The summed E-state index contributed by atoms with van der Waals surface area (Å²) in [5.41, 5.74) is 4.03. The van der Waals surface area contributed by atoms with Crippen molar-refractivity contribution in [2.75, 3.05) is 0 Å². The Morgan fingerprint density at radius 3 is 2.57 bits per heavy atom. The molecule has 3 rings (SSSR count). The van der Waals surface area contributed by atoms with Crippen LogP contribution in [0.25, 0.3) is 22.0 Å². The van der Waals surface area contributed by atoms with E-state index in [2.05, 4.69) is 9.97 Å². The lowest BCUT2D eigenvalue weighted by atomic mass is 10.0. The number of H-pyrrole nitrogens is 2. The van der Waals surface area contributed by atoms with Crippen molar-refractivity contribution in [2.45, 2.75) is 6.18 Å². The fourth-order valence-corrected chi connectivity index (χ4v) is 2.39. The molecule has 2 aromatic heterocycles. The molecule has 4 N–H and O–H groups in total. The zero-order chi connectivity index (χ0) is 16.8. The van der Waals surface area contributed by atoms with Crippen LogP contribution in [0.3, 0.4) is 0 Å². The molecule has 1 amide bonds. The summed E-state index contributed by atoms with van der Waals surface area (Å²) < 4.78 is 38.6. The van der Waals surface area contributed by atoms with Crippen LogP contribution in [-0.4, -0.2) is 15.9 Å². The number of primary amides is 1. The number of pyridine rings is 1. The van der Waals surface area contributed by atoms with Crippen LogP contribution < -0.4 is 11.3 Å². The molecule has 118 valence electrons. The van der Waals surface area contributed by atoms with Gasteiger partial charge < -0.3 is 15.7 Å². The molecule has 0 aliphatic carbocycles. The molecule has 0 unspecified atom stereocenters. The quantitative estimate of drug-likeness (QED) is 0.677. The van der Waals surface area contributed by atoms with E-state index in [-0.39, 0.29) is 11.3 Å². The molecular formula is C15H10F3N3O2. The van der Waals surface area contributed by atoms with Crippen molar-refractivity contribution < 1.29 is 18.0 Å². The van der Waals surface area contributed by atoms with Gasteiger partial charge in [-0.05, 0) is 29.3 Å². The number of nitrogens with two attached hydrogens (primary N) is 1. The van der Waals surface area contributed by atoms with Crippen LogP contribution in [0.4, 0.5) is 13.2 Å². The fraction of sp³-hybridized carbons (Fsp3) is 0.0667. The van der Waals surface area contributed by atoms with E-state index in [0.717, 1.165) is 6.07 Å². The Labute approximate surface area is 126 Å². The van der Waals surface area contributed by atoms with Gasteiger partial charge in [-0.25, -0.2) is 0 Å². The van der Waals surface area contributed by atoms with Crippen LogP contribution in [0.1, 0.15) is 16.1 Å². The van der Waals surface area contributed by atoms with Gasteiger partial charge in [-0.3, -0.25) is 9.59 Å². The van der Waals surface area contributed by atoms with Gasteiger partial charge in [0.2, 0.25) is 0 Å². The number of aromatic nitrogens is 2. The predicted molar refractivity (Wildman–Crippen MR) is 77.9 cm³/mol. The molecule has 5 nitrogen and oxygen atoms in total. The summed E-state index contributed by atoms with van der Waals surface area (Å²) in [6.07, 6.45) is -3.56. The van der Waals surface area contributed by atoms with Gasteiger partial charge in [0, 0.05) is 17.1 Å². The average molecular weight is 321 g/mol. The molecule has 0 atom stereocenters. The van der Waals surface area contributed by atoms with E-state index < -0.39 is 23.2 Å². The van der Waals surface area contributed by atoms with Crippen molar-refractivity contribution in [1.29, 1.82) is 0 Å². The van der Waals surface area contributed by atoms with Gasteiger partial charge in [-0.15, -0.1) is 0 Å².